The minimum absolute atomic E-state index is 0.184. The van der Waals surface area contributed by atoms with Crippen molar-refractivity contribution in [2.24, 2.45) is 11.7 Å². The Balaban J connectivity index is 2.14. The zero-order chi connectivity index (χ0) is 13.1. The second-order valence-corrected chi connectivity index (χ2v) is 4.69. The third-order valence-electron chi connectivity index (χ3n) is 3.10. The molecule has 0 aliphatic carbocycles. The Labute approximate surface area is 110 Å². The second kappa shape index (κ2) is 5.35. The van der Waals surface area contributed by atoms with Crippen LogP contribution in [-0.2, 0) is 4.79 Å². The molecule has 2 heterocycles. The van der Waals surface area contributed by atoms with E-state index < -0.39 is 0 Å². The van der Waals surface area contributed by atoms with Gasteiger partial charge in [0, 0.05) is 19.3 Å². The van der Waals surface area contributed by atoms with Gasteiger partial charge >= 0.3 is 0 Å². The highest BCUT2D eigenvalue weighted by molar-refractivity contribution is 6.32. The van der Waals surface area contributed by atoms with Crippen LogP contribution in [0.5, 0.6) is 0 Å². The molecule has 96 valence electrons. The number of carbonyl (C=O) groups excluding carboxylic acids is 2. The number of likely N-dealkylation sites (tertiary alicyclic amines) is 1. The Morgan fingerprint density at radius 3 is 2.94 bits per heavy atom. The zero-order valence-electron chi connectivity index (χ0n) is 9.80. The number of hydrogen-bond acceptors (Lipinski definition) is 3. The third kappa shape index (κ3) is 2.61. The van der Waals surface area contributed by atoms with Gasteiger partial charge in [0.25, 0.3) is 5.91 Å². The summed E-state index contributed by atoms with van der Waals surface area (Å²) in [6.07, 6.45) is 3.04. The normalized spacial score (nSPS) is 19.6. The number of aromatic nitrogens is 1. The molecule has 0 spiro atoms. The number of rotatable bonds is 2. The highest BCUT2D eigenvalue weighted by atomic mass is 35.5. The lowest BCUT2D eigenvalue weighted by atomic mass is 9.97. The number of halogens is 1. The number of hydrogen-bond donors (Lipinski definition) is 1. The molecule has 1 unspecified atom stereocenters. The fourth-order valence-electron chi connectivity index (χ4n) is 2.11. The molecule has 0 radical (unpaired) electrons. The van der Waals surface area contributed by atoms with Gasteiger partial charge in [-0.2, -0.15) is 0 Å². The molecular formula is C12H14ClN3O2. The van der Waals surface area contributed by atoms with E-state index in [1.807, 2.05) is 0 Å². The van der Waals surface area contributed by atoms with Crippen LogP contribution in [0.3, 0.4) is 0 Å². The van der Waals surface area contributed by atoms with E-state index in [1.54, 1.807) is 17.0 Å². The molecule has 2 N–H and O–H groups in total. The molecule has 1 aromatic rings. The van der Waals surface area contributed by atoms with Crippen LogP contribution in [0.4, 0.5) is 0 Å². The van der Waals surface area contributed by atoms with Crippen molar-refractivity contribution in [3.8, 4) is 0 Å². The second-order valence-electron chi connectivity index (χ2n) is 4.33. The molecule has 5 nitrogen and oxygen atoms in total. The first-order valence-electron chi connectivity index (χ1n) is 5.78. The van der Waals surface area contributed by atoms with Crippen LogP contribution >= 0.6 is 11.6 Å². The van der Waals surface area contributed by atoms with Crippen LogP contribution in [-0.4, -0.2) is 34.8 Å². The maximum absolute atomic E-state index is 12.2. The van der Waals surface area contributed by atoms with E-state index in [-0.39, 0.29) is 22.9 Å². The first-order valence-corrected chi connectivity index (χ1v) is 6.16. The smallest absolute Gasteiger partial charge is 0.257 e. The topological polar surface area (TPSA) is 76.3 Å². The number of pyridine rings is 1. The highest BCUT2D eigenvalue weighted by Crippen LogP contribution is 2.20. The molecule has 1 aromatic heterocycles. The highest BCUT2D eigenvalue weighted by Gasteiger charge is 2.28. The Bertz CT molecular complexity index is 478. The Kier molecular flexibility index (Phi) is 3.81. The van der Waals surface area contributed by atoms with Crippen LogP contribution in [0.25, 0.3) is 0 Å². The molecule has 1 atom stereocenters. The molecule has 6 heteroatoms. The molecule has 1 saturated heterocycles. The van der Waals surface area contributed by atoms with E-state index in [4.69, 9.17) is 17.3 Å². The van der Waals surface area contributed by atoms with Gasteiger partial charge in [0.05, 0.1) is 11.5 Å². The standard InChI is InChI=1S/C12H14ClN3O2/c13-10-9(4-1-5-15-10)12(18)16-6-2-3-8(7-16)11(14)17/h1,4-5,8H,2-3,6-7H2,(H2,14,17). The maximum Gasteiger partial charge on any atom is 0.257 e. The van der Waals surface area contributed by atoms with Gasteiger partial charge in [0.15, 0.2) is 0 Å². The molecule has 2 rings (SSSR count). The summed E-state index contributed by atoms with van der Waals surface area (Å²) in [5.41, 5.74) is 5.65. The van der Waals surface area contributed by atoms with E-state index in [9.17, 15) is 9.59 Å². The average molecular weight is 268 g/mol. The molecule has 1 fully saturated rings. The van der Waals surface area contributed by atoms with Crippen LogP contribution in [0.2, 0.25) is 5.15 Å². The summed E-state index contributed by atoms with van der Waals surface area (Å²) in [6, 6.07) is 3.29. The van der Waals surface area contributed by atoms with Crippen molar-refractivity contribution in [1.29, 1.82) is 0 Å². The number of carbonyl (C=O) groups is 2. The van der Waals surface area contributed by atoms with Crippen LogP contribution < -0.4 is 5.73 Å². The summed E-state index contributed by atoms with van der Waals surface area (Å²) in [7, 11) is 0. The quantitative estimate of drug-likeness (QED) is 0.815. The molecule has 0 aromatic carbocycles. The number of nitrogens with zero attached hydrogens (tertiary/aromatic N) is 2. The van der Waals surface area contributed by atoms with Crippen molar-refractivity contribution in [2.45, 2.75) is 12.8 Å². The van der Waals surface area contributed by atoms with Gasteiger partial charge < -0.3 is 10.6 Å². The van der Waals surface area contributed by atoms with Crippen molar-refractivity contribution in [1.82, 2.24) is 9.88 Å². The average Bonchev–Trinajstić information content (AvgIpc) is 2.38. The van der Waals surface area contributed by atoms with Gasteiger partial charge in [-0.05, 0) is 25.0 Å². The van der Waals surface area contributed by atoms with Gasteiger partial charge in [-0.25, -0.2) is 4.98 Å². The lowest BCUT2D eigenvalue weighted by Gasteiger charge is -2.31. The van der Waals surface area contributed by atoms with Crippen LogP contribution in [0.15, 0.2) is 18.3 Å². The minimum Gasteiger partial charge on any atom is -0.369 e. The summed E-state index contributed by atoms with van der Waals surface area (Å²) in [6.45, 7) is 0.979. The van der Waals surface area contributed by atoms with Gasteiger partial charge in [-0.3, -0.25) is 9.59 Å². The number of primary amides is 1. The zero-order valence-corrected chi connectivity index (χ0v) is 10.6. The van der Waals surface area contributed by atoms with Crippen LogP contribution in [0.1, 0.15) is 23.2 Å². The number of piperidine rings is 1. The van der Waals surface area contributed by atoms with Crippen molar-refractivity contribution in [3.63, 3.8) is 0 Å². The monoisotopic (exact) mass is 267 g/mol. The largest absolute Gasteiger partial charge is 0.369 e. The first-order chi connectivity index (χ1) is 8.59. The van der Waals surface area contributed by atoms with Crippen molar-refractivity contribution < 1.29 is 9.59 Å². The van der Waals surface area contributed by atoms with Crippen molar-refractivity contribution in [3.05, 3.63) is 29.0 Å². The molecule has 1 aliphatic rings. The molecule has 0 saturated carbocycles. The maximum atomic E-state index is 12.2. The van der Waals surface area contributed by atoms with Crippen LogP contribution in [0, 0.1) is 5.92 Å². The molecule has 2 amide bonds. The van der Waals surface area contributed by atoms with Crippen molar-refractivity contribution >= 4 is 23.4 Å². The SMILES string of the molecule is NC(=O)C1CCCN(C(=O)c2cccnc2Cl)C1. The van der Waals surface area contributed by atoms with E-state index in [0.717, 1.165) is 12.8 Å². The Morgan fingerprint density at radius 1 is 1.50 bits per heavy atom. The predicted octanol–water partition coefficient (Wildman–Crippen LogP) is 1.07. The van der Waals surface area contributed by atoms with Gasteiger partial charge in [0.2, 0.25) is 5.91 Å². The summed E-state index contributed by atoms with van der Waals surface area (Å²) in [5.74, 6) is -0.818. The molecule has 0 bridgehead atoms. The van der Waals surface area contributed by atoms with E-state index >= 15 is 0 Å². The van der Waals surface area contributed by atoms with Gasteiger partial charge in [-0.1, -0.05) is 11.6 Å². The Hall–Kier alpha value is -1.62. The summed E-state index contributed by atoms with van der Waals surface area (Å²) in [5, 5.41) is 0.184. The first kappa shape index (κ1) is 12.8. The number of nitrogens with two attached hydrogens (primary N) is 1. The van der Waals surface area contributed by atoms with Gasteiger partial charge in [0.1, 0.15) is 5.15 Å². The molecular weight excluding hydrogens is 254 g/mol. The van der Waals surface area contributed by atoms with Crippen molar-refractivity contribution in [2.75, 3.05) is 13.1 Å². The fourth-order valence-corrected chi connectivity index (χ4v) is 2.31. The molecule has 1 aliphatic heterocycles. The molecule has 18 heavy (non-hydrogen) atoms. The lowest BCUT2D eigenvalue weighted by Crippen LogP contribution is -2.44. The van der Waals surface area contributed by atoms with E-state index in [0.29, 0.717) is 18.7 Å². The summed E-state index contributed by atoms with van der Waals surface area (Å²) < 4.78 is 0. The summed E-state index contributed by atoms with van der Waals surface area (Å²) in [4.78, 5) is 28.9. The number of amides is 2. The predicted molar refractivity (Wildman–Crippen MR) is 67.1 cm³/mol. The third-order valence-corrected chi connectivity index (χ3v) is 3.40. The fraction of sp³-hybridized carbons (Fsp3) is 0.417. The Morgan fingerprint density at radius 2 is 2.28 bits per heavy atom. The van der Waals surface area contributed by atoms with E-state index in [1.165, 1.54) is 6.20 Å². The van der Waals surface area contributed by atoms with Gasteiger partial charge in [-0.15, -0.1) is 0 Å². The minimum atomic E-state index is -0.357. The van der Waals surface area contributed by atoms with E-state index in [2.05, 4.69) is 4.98 Å². The lowest BCUT2D eigenvalue weighted by molar-refractivity contribution is -0.123. The summed E-state index contributed by atoms with van der Waals surface area (Å²) >= 11 is 5.89.